The molecule has 45 heavy (non-hydrogen) atoms. The molecule has 3 aromatic carbocycles. The van der Waals surface area contributed by atoms with Gasteiger partial charge in [0, 0.05) is 17.3 Å². The van der Waals surface area contributed by atoms with Crippen molar-refractivity contribution < 1.29 is 45.1 Å². The van der Waals surface area contributed by atoms with Gasteiger partial charge < -0.3 is 16.0 Å². The van der Waals surface area contributed by atoms with Gasteiger partial charge in [0.1, 0.15) is 16.0 Å². The van der Waals surface area contributed by atoms with Crippen molar-refractivity contribution in [3.05, 3.63) is 87.9 Å². The van der Waals surface area contributed by atoms with Gasteiger partial charge in [-0.2, -0.15) is 22.0 Å². The van der Waals surface area contributed by atoms with Crippen molar-refractivity contribution >= 4 is 90.6 Å². The number of nitrogens with one attached hydrogen (secondary N) is 3. The standard InChI is InChI=1S/C27H18Cl3F7N3O3PS/c28-16-5-3-13(39-24(43)22-21(25(22,29)30)11-1-6-17(31)15(7-11)26(33,34)35)9-19(16)40-23(42)14-4-2-12(8-18(14)32)38-20(41)10-45-27(36,37)44/h1-9,21-22H,10,44H2,(H,38,41)(H,39,43)(H,40,42). The molecule has 3 atom stereocenters. The number of hydrogen-bond donors (Lipinski definition) is 3. The second-order valence-corrected chi connectivity index (χ2v) is 13.7. The predicted molar refractivity (Wildman–Crippen MR) is 162 cm³/mol. The molecule has 6 nitrogen and oxygen atoms in total. The van der Waals surface area contributed by atoms with E-state index >= 15 is 0 Å². The number of carbonyl (C=O) groups excluding carboxylic acids is 3. The maximum absolute atomic E-state index is 14.7. The number of amides is 3. The average Bonchev–Trinajstić information content (AvgIpc) is 3.50. The molecule has 3 unspecified atom stereocenters. The molecule has 1 fully saturated rings. The van der Waals surface area contributed by atoms with E-state index in [9.17, 15) is 45.1 Å². The van der Waals surface area contributed by atoms with Crippen LogP contribution in [0.4, 0.5) is 47.8 Å². The maximum atomic E-state index is 14.7. The van der Waals surface area contributed by atoms with E-state index in [0.29, 0.717) is 12.1 Å². The van der Waals surface area contributed by atoms with Crippen LogP contribution in [0.1, 0.15) is 27.4 Å². The normalized spacial score (nSPS) is 17.4. The molecule has 0 radical (unpaired) electrons. The van der Waals surface area contributed by atoms with Gasteiger partial charge in [-0.25, -0.2) is 8.78 Å². The van der Waals surface area contributed by atoms with Crippen LogP contribution in [0.15, 0.2) is 54.6 Å². The largest absolute Gasteiger partial charge is 0.419 e. The molecule has 3 amide bonds. The van der Waals surface area contributed by atoms with E-state index in [1.807, 2.05) is 0 Å². The van der Waals surface area contributed by atoms with E-state index in [4.69, 9.17) is 34.8 Å². The molecule has 0 bridgehead atoms. The lowest BCUT2D eigenvalue weighted by molar-refractivity contribution is -0.140. The number of carbonyl (C=O) groups is 3. The number of halogens is 10. The molecule has 240 valence electrons. The van der Waals surface area contributed by atoms with Gasteiger partial charge in [0.15, 0.2) is 0 Å². The van der Waals surface area contributed by atoms with E-state index in [0.717, 1.165) is 18.2 Å². The Morgan fingerprint density at radius 3 is 2.13 bits per heavy atom. The molecule has 0 heterocycles. The molecule has 0 spiro atoms. The number of anilines is 3. The first-order chi connectivity index (χ1) is 20.8. The molecule has 0 saturated heterocycles. The van der Waals surface area contributed by atoms with Crippen molar-refractivity contribution in [3.8, 4) is 0 Å². The Morgan fingerprint density at radius 1 is 0.867 bits per heavy atom. The summed E-state index contributed by atoms with van der Waals surface area (Å²) in [5.74, 6) is -8.12. The SMILES string of the molecule is O=C(CSC(F)(F)P)Nc1ccc(C(=O)Nc2cc(NC(=O)C3C(c4ccc(F)c(C(F)(F)F)c4)C3(Cl)Cl)ccc2Cl)c(F)c1. The quantitative estimate of drug-likeness (QED) is 0.117. The highest BCUT2D eigenvalue weighted by Gasteiger charge is 2.67. The fourth-order valence-corrected chi connectivity index (χ4v) is 5.90. The van der Waals surface area contributed by atoms with Crippen molar-refractivity contribution in [2.75, 3.05) is 21.7 Å². The molecule has 1 aliphatic carbocycles. The van der Waals surface area contributed by atoms with Crippen molar-refractivity contribution in [1.82, 2.24) is 0 Å². The summed E-state index contributed by atoms with van der Waals surface area (Å²) in [7, 11) is 1.27. The van der Waals surface area contributed by atoms with E-state index in [1.165, 1.54) is 33.5 Å². The minimum atomic E-state index is -4.99. The van der Waals surface area contributed by atoms with Gasteiger partial charge in [-0.3, -0.25) is 14.4 Å². The summed E-state index contributed by atoms with van der Waals surface area (Å²) in [4.78, 5) is 34.4. The summed E-state index contributed by atoms with van der Waals surface area (Å²) in [6.07, 6.45) is -4.99. The minimum Gasteiger partial charge on any atom is -0.326 e. The highest BCUT2D eigenvalue weighted by molar-refractivity contribution is 8.04. The minimum absolute atomic E-state index is 0.0200. The van der Waals surface area contributed by atoms with E-state index in [2.05, 4.69) is 16.0 Å². The van der Waals surface area contributed by atoms with E-state index in [-0.39, 0.29) is 39.4 Å². The lowest BCUT2D eigenvalue weighted by Gasteiger charge is -2.12. The summed E-state index contributed by atoms with van der Waals surface area (Å²) in [5.41, 5.74) is -2.23. The van der Waals surface area contributed by atoms with Gasteiger partial charge in [0.05, 0.1) is 33.5 Å². The van der Waals surface area contributed by atoms with Crippen LogP contribution in [0.5, 0.6) is 0 Å². The first-order valence-electron chi connectivity index (χ1n) is 12.3. The number of hydrogen-bond acceptors (Lipinski definition) is 4. The van der Waals surface area contributed by atoms with Gasteiger partial charge in [0.25, 0.3) is 5.91 Å². The van der Waals surface area contributed by atoms with Crippen LogP contribution in [0.2, 0.25) is 5.02 Å². The third-order valence-corrected chi connectivity index (χ3v) is 8.93. The second kappa shape index (κ2) is 13.2. The first kappa shape index (κ1) is 35.1. The molecule has 1 saturated carbocycles. The Bertz CT molecular complexity index is 1670. The monoisotopic (exact) mass is 733 g/mol. The number of thioether (sulfide) groups is 1. The summed E-state index contributed by atoms with van der Waals surface area (Å²) >= 11 is 18.6. The molecule has 18 heteroatoms. The van der Waals surface area contributed by atoms with Crippen molar-refractivity contribution in [2.24, 2.45) is 5.92 Å². The highest BCUT2D eigenvalue weighted by atomic mass is 35.5. The lowest BCUT2D eigenvalue weighted by Crippen LogP contribution is -2.18. The number of benzene rings is 3. The molecular formula is C27H18Cl3F7N3O3PS. The molecular weight excluding hydrogens is 717 g/mol. The molecule has 4 rings (SSSR count). The van der Waals surface area contributed by atoms with Crippen molar-refractivity contribution in [3.63, 3.8) is 0 Å². The Morgan fingerprint density at radius 2 is 1.51 bits per heavy atom. The first-order valence-corrected chi connectivity index (χ1v) is 15.0. The van der Waals surface area contributed by atoms with Crippen LogP contribution >= 0.6 is 55.8 Å². The fourth-order valence-electron chi connectivity index (χ4n) is 4.27. The fraction of sp³-hybridized carbons (Fsp3) is 0.222. The zero-order chi connectivity index (χ0) is 33.5. The van der Waals surface area contributed by atoms with Crippen LogP contribution in [0.25, 0.3) is 0 Å². The zero-order valence-corrected chi connectivity index (χ0v) is 26.3. The average molecular weight is 735 g/mol. The maximum Gasteiger partial charge on any atom is 0.419 e. The third kappa shape index (κ3) is 8.53. The van der Waals surface area contributed by atoms with Crippen LogP contribution in [-0.4, -0.2) is 32.8 Å². The van der Waals surface area contributed by atoms with Crippen LogP contribution in [0, 0.1) is 17.6 Å². The van der Waals surface area contributed by atoms with Crippen LogP contribution < -0.4 is 16.0 Å². The Kier molecular flexibility index (Phi) is 10.3. The molecule has 3 N–H and O–H groups in total. The lowest BCUT2D eigenvalue weighted by atomic mass is 10.0. The van der Waals surface area contributed by atoms with Gasteiger partial charge in [0.2, 0.25) is 11.8 Å². The summed E-state index contributed by atoms with van der Waals surface area (Å²) < 4.78 is 91.9. The zero-order valence-electron chi connectivity index (χ0n) is 22.0. The van der Waals surface area contributed by atoms with Gasteiger partial charge >= 0.3 is 11.2 Å². The second-order valence-electron chi connectivity index (χ2n) is 9.60. The molecule has 0 aromatic heterocycles. The van der Waals surface area contributed by atoms with Gasteiger partial charge in [-0.15, -0.1) is 23.2 Å². The van der Waals surface area contributed by atoms with Crippen LogP contribution in [0.3, 0.4) is 0 Å². The Balaban J connectivity index is 1.44. The predicted octanol–water partition coefficient (Wildman–Crippen LogP) is 8.51. The number of rotatable bonds is 9. The third-order valence-electron chi connectivity index (χ3n) is 6.37. The smallest absolute Gasteiger partial charge is 0.326 e. The molecule has 0 aliphatic heterocycles. The van der Waals surface area contributed by atoms with Crippen molar-refractivity contribution in [1.29, 1.82) is 0 Å². The van der Waals surface area contributed by atoms with E-state index in [1.54, 1.807) is 0 Å². The summed E-state index contributed by atoms with van der Waals surface area (Å²) in [5, 5.41) is 7.05. The Hall–Kier alpha value is -2.77. The van der Waals surface area contributed by atoms with Crippen molar-refractivity contribution in [2.45, 2.75) is 21.4 Å². The van der Waals surface area contributed by atoms with Gasteiger partial charge in [-0.1, -0.05) is 38.7 Å². The highest BCUT2D eigenvalue weighted by Crippen LogP contribution is 2.65. The summed E-state index contributed by atoms with van der Waals surface area (Å²) in [6.45, 7) is 0. The van der Waals surface area contributed by atoms with E-state index < -0.39 is 73.6 Å². The summed E-state index contributed by atoms with van der Waals surface area (Å²) in [6, 6.07) is 9.03. The number of alkyl halides is 7. The Labute approximate surface area is 271 Å². The molecule has 1 aliphatic rings. The van der Waals surface area contributed by atoms with Gasteiger partial charge in [-0.05, 0) is 54.1 Å². The van der Waals surface area contributed by atoms with Crippen LogP contribution in [-0.2, 0) is 15.8 Å². The topological polar surface area (TPSA) is 87.3 Å². The molecule has 3 aromatic rings.